The zero-order valence-electron chi connectivity index (χ0n) is 9.21. The summed E-state index contributed by atoms with van der Waals surface area (Å²) in [6, 6.07) is 3.71. The summed E-state index contributed by atoms with van der Waals surface area (Å²) in [5.41, 5.74) is 5.69. The van der Waals surface area contributed by atoms with Crippen molar-refractivity contribution < 1.29 is 17.6 Å². The summed E-state index contributed by atoms with van der Waals surface area (Å²) in [6.45, 7) is 1.75. The highest BCUT2D eigenvalue weighted by molar-refractivity contribution is 5.85. The van der Waals surface area contributed by atoms with Crippen LogP contribution in [0.15, 0.2) is 28.9 Å². The lowest BCUT2D eigenvalue weighted by molar-refractivity contribution is -0.136. The molecule has 0 radical (unpaired) electrons. The predicted molar refractivity (Wildman–Crippen MR) is 58.6 cm³/mol. The van der Waals surface area contributed by atoms with Gasteiger partial charge in [0.1, 0.15) is 5.58 Å². The molecule has 2 rings (SSSR count). The van der Waals surface area contributed by atoms with Crippen LogP contribution in [-0.4, -0.2) is 6.04 Å². The highest BCUT2D eigenvalue weighted by atomic mass is 19.4. The molecule has 0 aliphatic carbocycles. The molecular weight excluding hydrogens is 231 g/mol. The largest absolute Gasteiger partial charge is 0.464 e. The number of hydrogen-bond acceptors (Lipinski definition) is 2. The molecule has 2 N–H and O–H groups in total. The van der Waals surface area contributed by atoms with Crippen LogP contribution in [0.5, 0.6) is 0 Å². The van der Waals surface area contributed by atoms with Gasteiger partial charge in [0.25, 0.3) is 0 Å². The molecule has 0 amide bonds. The third-order valence-corrected chi connectivity index (χ3v) is 2.52. The molecule has 1 unspecified atom stereocenters. The Morgan fingerprint density at radius 3 is 2.65 bits per heavy atom. The number of nitrogens with two attached hydrogens (primary N) is 1. The van der Waals surface area contributed by atoms with Gasteiger partial charge in [-0.15, -0.1) is 0 Å². The number of hydrogen-bond donors (Lipinski definition) is 1. The molecule has 0 spiro atoms. The molecule has 17 heavy (non-hydrogen) atoms. The van der Waals surface area contributed by atoms with E-state index in [1.807, 2.05) is 0 Å². The van der Waals surface area contributed by atoms with Crippen LogP contribution in [-0.2, 0) is 12.6 Å². The first-order chi connectivity index (χ1) is 7.89. The molecule has 0 saturated heterocycles. The van der Waals surface area contributed by atoms with E-state index in [0.717, 1.165) is 6.07 Å². The van der Waals surface area contributed by atoms with Crippen molar-refractivity contribution in [2.75, 3.05) is 0 Å². The van der Waals surface area contributed by atoms with Crippen LogP contribution in [0.25, 0.3) is 11.0 Å². The van der Waals surface area contributed by atoms with E-state index in [1.165, 1.54) is 18.4 Å². The van der Waals surface area contributed by atoms with Gasteiger partial charge >= 0.3 is 6.18 Å². The molecule has 0 saturated carbocycles. The molecule has 5 heteroatoms. The first-order valence-corrected chi connectivity index (χ1v) is 5.21. The number of rotatable bonds is 2. The lowest BCUT2D eigenvalue weighted by Gasteiger charge is -2.09. The molecule has 1 atom stereocenters. The number of benzene rings is 1. The van der Waals surface area contributed by atoms with Gasteiger partial charge in [-0.25, -0.2) is 0 Å². The van der Waals surface area contributed by atoms with Crippen LogP contribution in [0, 0.1) is 0 Å². The van der Waals surface area contributed by atoms with Gasteiger partial charge in [0.2, 0.25) is 0 Å². The van der Waals surface area contributed by atoms with Crippen molar-refractivity contribution in [1.29, 1.82) is 0 Å². The highest BCUT2D eigenvalue weighted by Crippen LogP contribution is 2.37. The second-order valence-electron chi connectivity index (χ2n) is 4.12. The zero-order chi connectivity index (χ0) is 12.6. The fourth-order valence-electron chi connectivity index (χ4n) is 1.89. The molecule has 1 aromatic carbocycles. The van der Waals surface area contributed by atoms with Crippen LogP contribution in [0.4, 0.5) is 13.2 Å². The van der Waals surface area contributed by atoms with E-state index in [0.29, 0.717) is 12.0 Å². The van der Waals surface area contributed by atoms with Crippen LogP contribution in [0.2, 0.25) is 0 Å². The molecule has 0 fully saturated rings. The first kappa shape index (κ1) is 12.0. The zero-order valence-corrected chi connectivity index (χ0v) is 9.21. The summed E-state index contributed by atoms with van der Waals surface area (Å²) in [4.78, 5) is 0. The van der Waals surface area contributed by atoms with Gasteiger partial charge in [-0.2, -0.15) is 13.2 Å². The van der Waals surface area contributed by atoms with Crippen molar-refractivity contribution in [2.24, 2.45) is 5.73 Å². The van der Waals surface area contributed by atoms with Gasteiger partial charge in [-0.1, -0.05) is 6.07 Å². The Morgan fingerprint density at radius 2 is 2.06 bits per heavy atom. The average molecular weight is 243 g/mol. The maximum absolute atomic E-state index is 12.8. The minimum atomic E-state index is -4.38. The Labute approximate surface area is 96.2 Å². The van der Waals surface area contributed by atoms with Crippen molar-refractivity contribution in [2.45, 2.75) is 25.6 Å². The van der Waals surface area contributed by atoms with Crippen LogP contribution >= 0.6 is 0 Å². The fraction of sp³-hybridized carbons (Fsp3) is 0.333. The fourth-order valence-corrected chi connectivity index (χ4v) is 1.89. The monoisotopic (exact) mass is 243 g/mol. The minimum absolute atomic E-state index is 0.123. The van der Waals surface area contributed by atoms with Crippen molar-refractivity contribution in [3.05, 3.63) is 35.6 Å². The van der Waals surface area contributed by atoms with E-state index in [9.17, 15) is 13.2 Å². The predicted octanol–water partition coefficient (Wildman–Crippen LogP) is 3.34. The molecular formula is C12H12F3NO. The van der Waals surface area contributed by atoms with Gasteiger partial charge < -0.3 is 10.2 Å². The van der Waals surface area contributed by atoms with Gasteiger partial charge in [-0.3, -0.25) is 0 Å². The highest BCUT2D eigenvalue weighted by Gasteiger charge is 2.34. The first-order valence-electron chi connectivity index (χ1n) is 5.21. The minimum Gasteiger partial charge on any atom is -0.464 e. The second-order valence-corrected chi connectivity index (χ2v) is 4.12. The van der Waals surface area contributed by atoms with Crippen molar-refractivity contribution in [3.8, 4) is 0 Å². The van der Waals surface area contributed by atoms with E-state index in [1.54, 1.807) is 6.92 Å². The van der Waals surface area contributed by atoms with Gasteiger partial charge in [-0.05, 0) is 25.5 Å². The number of furan rings is 1. The molecule has 0 aliphatic rings. The van der Waals surface area contributed by atoms with Gasteiger partial charge in [0, 0.05) is 17.0 Å². The smallest absolute Gasteiger partial charge is 0.417 e. The Balaban J connectivity index is 2.64. The number of halogens is 3. The van der Waals surface area contributed by atoms with E-state index in [-0.39, 0.29) is 17.0 Å². The number of fused-ring (bicyclic) bond motifs is 1. The normalized spacial score (nSPS) is 14.2. The lowest BCUT2D eigenvalue weighted by Crippen LogP contribution is -2.18. The Bertz CT molecular complexity index is 528. The summed E-state index contributed by atoms with van der Waals surface area (Å²) >= 11 is 0. The van der Waals surface area contributed by atoms with E-state index < -0.39 is 11.7 Å². The second kappa shape index (κ2) is 4.07. The summed E-state index contributed by atoms with van der Waals surface area (Å²) in [6.07, 6.45) is -2.67. The topological polar surface area (TPSA) is 39.2 Å². The van der Waals surface area contributed by atoms with Gasteiger partial charge in [0.15, 0.2) is 0 Å². The van der Waals surface area contributed by atoms with Crippen molar-refractivity contribution in [1.82, 2.24) is 0 Å². The van der Waals surface area contributed by atoms with Crippen LogP contribution < -0.4 is 5.73 Å². The van der Waals surface area contributed by atoms with Crippen LogP contribution in [0.1, 0.15) is 18.1 Å². The average Bonchev–Trinajstić information content (AvgIpc) is 2.59. The molecule has 1 aromatic heterocycles. The summed E-state index contributed by atoms with van der Waals surface area (Å²) in [5, 5.41) is 0.123. The molecule has 2 aromatic rings. The van der Waals surface area contributed by atoms with Crippen LogP contribution in [0.3, 0.4) is 0 Å². The standard InChI is InChI=1S/C12H12F3NO/c1-7(16)5-8-6-17-10-4-2-3-9(11(8)10)12(13,14)15/h2-4,6-7H,5,16H2,1H3. The maximum atomic E-state index is 12.8. The Hall–Kier alpha value is -1.49. The van der Waals surface area contributed by atoms with Crippen molar-refractivity contribution in [3.63, 3.8) is 0 Å². The molecule has 2 nitrogen and oxygen atoms in total. The maximum Gasteiger partial charge on any atom is 0.417 e. The van der Waals surface area contributed by atoms with E-state index in [4.69, 9.17) is 10.2 Å². The van der Waals surface area contributed by atoms with Gasteiger partial charge in [0.05, 0.1) is 11.8 Å². The summed E-state index contributed by atoms with van der Waals surface area (Å²) in [5.74, 6) is 0. The molecule has 1 heterocycles. The van der Waals surface area contributed by atoms with E-state index >= 15 is 0 Å². The number of alkyl halides is 3. The third kappa shape index (κ3) is 2.29. The lowest BCUT2D eigenvalue weighted by atomic mass is 10.0. The quantitative estimate of drug-likeness (QED) is 0.878. The Kier molecular flexibility index (Phi) is 2.87. The molecule has 0 aliphatic heterocycles. The van der Waals surface area contributed by atoms with E-state index in [2.05, 4.69) is 0 Å². The molecule has 0 bridgehead atoms. The summed E-state index contributed by atoms with van der Waals surface area (Å²) < 4.78 is 43.6. The third-order valence-electron chi connectivity index (χ3n) is 2.52. The SMILES string of the molecule is CC(N)Cc1coc2cccc(C(F)(F)F)c12. The van der Waals surface area contributed by atoms with Crippen molar-refractivity contribution >= 4 is 11.0 Å². The summed E-state index contributed by atoms with van der Waals surface area (Å²) in [7, 11) is 0. The Morgan fingerprint density at radius 1 is 1.35 bits per heavy atom. The molecule has 92 valence electrons.